The molecule has 4 heterocycles. The van der Waals surface area contributed by atoms with Crippen LogP contribution in [0.4, 0.5) is 13.2 Å². The van der Waals surface area contributed by atoms with Crippen LogP contribution in [-0.4, -0.2) is 45.0 Å². The zero-order valence-corrected chi connectivity index (χ0v) is 13.7. The first-order valence-corrected chi connectivity index (χ1v) is 8.17. The van der Waals surface area contributed by atoms with Crippen molar-refractivity contribution in [2.45, 2.75) is 19.0 Å². The number of hydrogen-bond donors (Lipinski definition) is 1. The van der Waals surface area contributed by atoms with Gasteiger partial charge in [-0.25, -0.2) is 9.97 Å². The van der Waals surface area contributed by atoms with Gasteiger partial charge in [0.2, 0.25) is 5.91 Å². The van der Waals surface area contributed by atoms with Gasteiger partial charge < -0.3 is 9.88 Å². The van der Waals surface area contributed by atoms with Crippen molar-refractivity contribution in [3.05, 3.63) is 42.5 Å². The summed E-state index contributed by atoms with van der Waals surface area (Å²) >= 11 is 0. The number of pyridine rings is 2. The van der Waals surface area contributed by atoms with Crippen molar-refractivity contribution < 1.29 is 18.0 Å². The first-order valence-electron chi connectivity index (χ1n) is 8.17. The number of carbonyl (C=O) groups excluding carboxylic acids is 1. The van der Waals surface area contributed by atoms with E-state index in [-0.39, 0.29) is 6.54 Å². The maximum absolute atomic E-state index is 12.3. The third-order valence-corrected chi connectivity index (χ3v) is 4.52. The lowest BCUT2D eigenvalue weighted by Gasteiger charge is -2.17. The normalized spacial score (nSPS) is 15.0. The molecule has 0 unspecified atom stereocenters. The molecule has 8 heteroatoms. The molecule has 3 aromatic heterocycles. The highest BCUT2D eigenvalue weighted by Crippen LogP contribution is 2.31. The lowest BCUT2D eigenvalue weighted by Crippen LogP contribution is -2.29. The zero-order valence-electron chi connectivity index (χ0n) is 13.7. The number of fused-ring (bicyclic) bond motifs is 3. The summed E-state index contributed by atoms with van der Waals surface area (Å²) in [6.07, 6.45) is 1.15. The van der Waals surface area contributed by atoms with Crippen LogP contribution in [0.2, 0.25) is 0 Å². The van der Waals surface area contributed by atoms with E-state index in [1.165, 1.54) is 4.90 Å². The molecule has 1 N–H and O–H groups in total. The number of aromatic nitrogens is 3. The quantitative estimate of drug-likeness (QED) is 0.775. The number of H-pyrrole nitrogens is 1. The van der Waals surface area contributed by atoms with E-state index in [1.807, 2.05) is 18.2 Å². The van der Waals surface area contributed by atoms with Gasteiger partial charge in [0, 0.05) is 54.3 Å². The van der Waals surface area contributed by atoms with Gasteiger partial charge in [0.15, 0.2) is 5.65 Å². The van der Waals surface area contributed by atoms with Crippen molar-refractivity contribution in [1.82, 2.24) is 19.9 Å². The van der Waals surface area contributed by atoms with Crippen LogP contribution in [0.1, 0.15) is 18.5 Å². The number of halogens is 3. The molecule has 0 spiro atoms. The maximum Gasteiger partial charge on any atom is 0.389 e. The van der Waals surface area contributed by atoms with Gasteiger partial charge in [-0.3, -0.25) is 4.79 Å². The number of aromatic amines is 1. The topological polar surface area (TPSA) is 61.9 Å². The third-order valence-electron chi connectivity index (χ3n) is 4.52. The number of alkyl halides is 3. The summed E-state index contributed by atoms with van der Waals surface area (Å²) in [7, 11) is 0. The van der Waals surface area contributed by atoms with Crippen molar-refractivity contribution in [3.63, 3.8) is 0 Å². The molecule has 0 saturated heterocycles. The highest BCUT2D eigenvalue weighted by atomic mass is 19.4. The Balaban J connectivity index is 1.61. The number of amides is 1. The van der Waals surface area contributed by atoms with Gasteiger partial charge in [0.05, 0.1) is 12.1 Å². The minimum Gasteiger partial charge on any atom is -0.361 e. The van der Waals surface area contributed by atoms with E-state index in [0.29, 0.717) is 12.2 Å². The Hall–Kier alpha value is -2.90. The summed E-state index contributed by atoms with van der Waals surface area (Å²) < 4.78 is 37.0. The molecule has 0 saturated carbocycles. The van der Waals surface area contributed by atoms with Crippen molar-refractivity contribution in [2.75, 3.05) is 13.1 Å². The Morgan fingerprint density at radius 2 is 2.12 bits per heavy atom. The molecule has 134 valence electrons. The number of nitrogens with one attached hydrogen (secondary N) is 1. The molecule has 5 nitrogen and oxygen atoms in total. The Kier molecular flexibility index (Phi) is 3.90. The second-order valence-corrected chi connectivity index (χ2v) is 6.24. The third kappa shape index (κ3) is 3.02. The Bertz CT molecular complexity index is 1020. The van der Waals surface area contributed by atoms with E-state index in [9.17, 15) is 18.0 Å². The summed E-state index contributed by atoms with van der Waals surface area (Å²) in [5.74, 6) is -0.490. The number of rotatable bonds is 3. The monoisotopic (exact) mass is 360 g/mol. The van der Waals surface area contributed by atoms with E-state index in [2.05, 4.69) is 15.0 Å². The first kappa shape index (κ1) is 16.6. The molecule has 0 aliphatic carbocycles. The molecule has 1 aliphatic heterocycles. The fourth-order valence-electron chi connectivity index (χ4n) is 3.25. The summed E-state index contributed by atoms with van der Waals surface area (Å²) in [6.45, 7) is 0.591. The van der Waals surface area contributed by atoms with E-state index in [0.717, 1.165) is 27.4 Å². The van der Waals surface area contributed by atoms with Gasteiger partial charge in [-0.05, 0) is 17.7 Å². The number of nitrogens with zero attached hydrogens (tertiary/aromatic N) is 3. The first-order chi connectivity index (χ1) is 12.4. The van der Waals surface area contributed by atoms with Gasteiger partial charge in [0.25, 0.3) is 0 Å². The van der Waals surface area contributed by atoms with E-state index >= 15 is 0 Å². The van der Waals surface area contributed by atoms with Gasteiger partial charge in [0.1, 0.15) is 0 Å². The molecule has 0 fully saturated rings. The summed E-state index contributed by atoms with van der Waals surface area (Å²) in [5, 5.41) is 2.78. The average Bonchev–Trinajstić information content (AvgIpc) is 3.27. The van der Waals surface area contributed by atoms with Gasteiger partial charge in [-0.15, -0.1) is 0 Å². The standard InChI is InChI=1S/C18H15F3N4O/c19-18(20,21)5-1-14(26)25-8-4-12(10-25)16-15-11(2-6-22-16)9-24-17-13(15)3-7-23-17/h2-4,6-7,9,22H,1,5,8,10H2. The van der Waals surface area contributed by atoms with Crippen molar-refractivity contribution >= 4 is 33.3 Å². The van der Waals surface area contributed by atoms with Crippen molar-refractivity contribution in [2.24, 2.45) is 0 Å². The molecule has 3 aromatic rings. The fraction of sp³-hybridized carbons (Fsp3) is 0.278. The van der Waals surface area contributed by atoms with Crippen LogP contribution in [0, 0.1) is 0 Å². The number of hydrogen-bond acceptors (Lipinski definition) is 3. The molecule has 1 aliphatic rings. The fourth-order valence-corrected chi connectivity index (χ4v) is 3.25. The molecule has 26 heavy (non-hydrogen) atoms. The largest absolute Gasteiger partial charge is 0.389 e. The molecule has 0 radical (unpaired) electrons. The predicted molar refractivity (Wildman–Crippen MR) is 91.2 cm³/mol. The zero-order chi connectivity index (χ0) is 18.3. The van der Waals surface area contributed by atoms with Crippen LogP contribution in [-0.2, 0) is 4.79 Å². The van der Waals surface area contributed by atoms with Crippen LogP contribution in [0.5, 0.6) is 0 Å². The lowest BCUT2D eigenvalue weighted by molar-refractivity contribution is -0.148. The van der Waals surface area contributed by atoms with Crippen LogP contribution < -0.4 is 0 Å². The second kappa shape index (κ2) is 6.12. The molecule has 4 rings (SSSR count). The highest BCUT2D eigenvalue weighted by molar-refractivity contribution is 6.09. The molecule has 0 aromatic carbocycles. The highest BCUT2D eigenvalue weighted by Gasteiger charge is 2.30. The molecule has 0 atom stereocenters. The van der Waals surface area contributed by atoms with Crippen molar-refractivity contribution in [1.29, 1.82) is 0 Å². The molecular formula is C18H15F3N4O. The minimum absolute atomic E-state index is 0.282. The molecular weight excluding hydrogens is 345 g/mol. The van der Waals surface area contributed by atoms with Gasteiger partial charge in [-0.2, -0.15) is 13.2 Å². The summed E-state index contributed by atoms with van der Waals surface area (Å²) in [4.78, 5) is 25.2. The van der Waals surface area contributed by atoms with Crippen LogP contribution in [0.25, 0.3) is 27.4 Å². The minimum atomic E-state index is -4.32. The van der Waals surface area contributed by atoms with Gasteiger partial charge >= 0.3 is 6.18 Å². The average molecular weight is 360 g/mol. The van der Waals surface area contributed by atoms with E-state index < -0.39 is 24.9 Å². The van der Waals surface area contributed by atoms with Crippen LogP contribution >= 0.6 is 0 Å². The Morgan fingerprint density at radius 3 is 2.92 bits per heavy atom. The predicted octanol–water partition coefficient (Wildman–Crippen LogP) is 3.68. The lowest BCUT2D eigenvalue weighted by atomic mass is 10.0. The number of carbonyl (C=O) groups is 1. The Morgan fingerprint density at radius 1 is 1.27 bits per heavy atom. The van der Waals surface area contributed by atoms with Gasteiger partial charge in [-0.1, -0.05) is 6.08 Å². The Labute approximate surface area is 146 Å². The smallest absolute Gasteiger partial charge is 0.361 e. The summed E-state index contributed by atoms with van der Waals surface area (Å²) in [5.41, 5.74) is 2.36. The van der Waals surface area contributed by atoms with E-state index in [1.54, 1.807) is 18.6 Å². The van der Waals surface area contributed by atoms with Crippen molar-refractivity contribution in [3.8, 4) is 0 Å². The van der Waals surface area contributed by atoms with Crippen LogP contribution in [0.3, 0.4) is 0 Å². The molecule has 1 amide bonds. The second-order valence-electron chi connectivity index (χ2n) is 6.24. The van der Waals surface area contributed by atoms with E-state index in [4.69, 9.17) is 0 Å². The van der Waals surface area contributed by atoms with Crippen LogP contribution in [0.15, 0.2) is 36.8 Å². The maximum atomic E-state index is 12.3. The SMILES string of the molecule is O=C(CCC(F)(F)F)N1CC=C(c2[nH]ccc3cnc4nccc4c23)C1. The summed E-state index contributed by atoms with van der Waals surface area (Å²) in [6, 6.07) is 3.78. The molecule has 0 bridgehead atoms.